The molecule has 0 saturated carbocycles. The van der Waals surface area contributed by atoms with E-state index < -0.39 is 5.97 Å². The van der Waals surface area contributed by atoms with Crippen molar-refractivity contribution in [2.45, 2.75) is 39.0 Å². The van der Waals surface area contributed by atoms with E-state index in [2.05, 4.69) is 24.1 Å². The minimum absolute atomic E-state index is 0.0779. The van der Waals surface area contributed by atoms with Gasteiger partial charge in [0.2, 0.25) is 5.91 Å². The molecule has 0 aromatic carbocycles. The summed E-state index contributed by atoms with van der Waals surface area (Å²) in [6.45, 7) is 4.52. The normalized spacial score (nSPS) is 10.6. The lowest BCUT2D eigenvalue weighted by molar-refractivity contribution is -0.137. The number of carbonyl (C=O) groups excluding carboxylic acids is 1. The number of hydrogen-bond donors (Lipinski definition) is 2. The maximum atomic E-state index is 11.5. The minimum Gasteiger partial charge on any atom is -0.481 e. The van der Waals surface area contributed by atoms with E-state index in [1.165, 1.54) is 0 Å². The summed E-state index contributed by atoms with van der Waals surface area (Å²) < 4.78 is 0. The van der Waals surface area contributed by atoms with Crippen LogP contribution in [-0.4, -0.2) is 28.5 Å². The molecule has 0 aliphatic carbocycles. The van der Waals surface area contributed by atoms with Crippen molar-refractivity contribution in [3.8, 4) is 0 Å². The third-order valence-corrected chi connectivity index (χ3v) is 3.49. The van der Waals surface area contributed by atoms with Crippen LogP contribution in [0, 0.1) is 0 Å². The van der Waals surface area contributed by atoms with Crippen molar-refractivity contribution < 1.29 is 14.7 Å². The molecule has 0 spiro atoms. The number of carbonyl (C=O) groups is 2. The second-order valence-electron chi connectivity index (χ2n) is 4.36. The van der Waals surface area contributed by atoms with Gasteiger partial charge in [-0.15, -0.1) is 11.3 Å². The molecular formula is C12H18N2O3S. The molecule has 2 N–H and O–H groups in total. The molecule has 6 heteroatoms. The van der Waals surface area contributed by atoms with Gasteiger partial charge in [0, 0.05) is 24.3 Å². The highest BCUT2D eigenvalue weighted by Gasteiger charge is 2.09. The predicted molar refractivity (Wildman–Crippen MR) is 69.8 cm³/mol. The van der Waals surface area contributed by atoms with Gasteiger partial charge >= 0.3 is 5.97 Å². The highest BCUT2D eigenvalue weighted by Crippen LogP contribution is 2.19. The molecule has 0 aliphatic heterocycles. The summed E-state index contributed by atoms with van der Waals surface area (Å²) in [6, 6.07) is 0. The van der Waals surface area contributed by atoms with Crippen LogP contribution in [-0.2, 0) is 16.0 Å². The van der Waals surface area contributed by atoms with Crippen molar-refractivity contribution in [1.82, 2.24) is 10.3 Å². The molecule has 0 bridgehead atoms. The number of aliphatic carboxylic acids is 1. The molecule has 18 heavy (non-hydrogen) atoms. The van der Waals surface area contributed by atoms with Gasteiger partial charge in [-0.25, -0.2) is 4.98 Å². The number of amides is 1. The van der Waals surface area contributed by atoms with E-state index in [9.17, 15) is 9.59 Å². The van der Waals surface area contributed by atoms with E-state index in [0.29, 0.717) is 18.9 Å². The third kappa shape index (κ3) is 5.27. The van der Waals surface area contributed by atoms with E-state index in [1.807, 2.05) is 5.38 Å². The summed E-state index contributed by atoms with van der Waals surface area (Å²) in [4.78, 5) is 26.2. The molecule has 0 fully saturated rings. The largest absolute Gasteiger partial charge is 0.481 e. The molecule has 1 rings (SSSR count). The maximum absolute atomic E-state index is 11.5. The fraction of sp³-hybridized carbons (Fsp3) is 0.583. The van der Waals surface area contributed by atoms with Crippen LogP contribution >= 0.6 is 11.3 Å². The average Bonchev–Trinajstić information content (AvgIpc) is 2.72. The Labute approximate surface area is 110 Å². The SMILES string of the molecule is CC(C)c1nc(CC(=O)NCCCC(=O)O)cs1. The zero-order valence-electron chi connectivity index (χ0n) is 10.6. The molecule has 100 valence electrons. The van der Waals surface area contributed by atoms with Gasteiger partial charge in [0.05, 0.1) is 17.1 Å². The van der Waals surface area contributed by atoms with E-state index >= 15 is 0 Å². The Morgan fingerprint density at radius 1 is 1.50 bits per heavy atom. The average molecular weight is 270 g/mol. The quantitative estimate of drug-likeness (QED) is 0.740. The van der Waals surface area contributed by atoms with Crippen molar-refractivity contribution in [2.24, 2.45) is 0 Å². The van der Waals surface area contributed by atoms with Crippen LogP contribution in [0.4, 0.5) is 0 Å². The van der Waals surface area contributed by atoms with Crippen LogP contribution in [0.25, 0.3) is 0 Å². The smallest absolute Gasteiger partial charge is 0.303 e. The summed E-state index contributed by atoms with van der Waals surface area (Å²) in [5.74, 6) is -0.575. The molecule has 0 radical (unpaired) electrons. The topological polar surface area (TPSA) is 79.3 Å². The van der Waals surface area contributed by atoms with Crippen LogP contribution in [0.3, 0.4) is 0 Å². The molecule has 1 aromatic heterocycles. The zero-order valence-corrected chi connectivity index (χ0v) is 11.4. The van der Waals surface area contributed by atoms with Gasteiger partial charge in [-0.3, -0.25) is 9.59 Å². The Morgan fingerprint density at radius 3 is 2.78 bits per heavy atom. The van der Waals surface area contributed by atoms with Crippen LogP contribution in [0.5, 0.6) is 0 Å². The number of hydrogen-bond acceptors (Lipinski definition) is 4. The molecule has 0 aliphatic rings. The van der Waals surface area contributed by atoms with Crippen molar-refractivity contribution in [3.05, 3.63) is 16.1 Å². The second-order valence-corrected chi connectivity index (χ2v) is 5.25. The van der Waals surface area contributed by atoms with Crippen molar-refractivity contribution in [3.63, 3.8) is 0 Å². The number of carboxylic acids is 1. The number of rotatable bonds is 7. The second kappa shape index (κ2) is 7.10. The molecule has 0 saturated heterocycles. The lowest BCUT2D eigenvalue weighted by atomic mass is 10.2. The molecule has 5 nitrogen and oxygen atoms in total. The monoisotopic (exact) mass is 270 g/mol. The van der Waals surface area contributed by atoms with Crippen molar-refractivity contribution >= 4 is 23.2 Å². The minimum atomic E-state index is -0.842. The Kier molecular flexibility index (Phi) is 5.77. The fourth-order valence-corrected chi connectivity index (χ4v) is 2.20. The Morgan fingerprint density at radius 2 is 2.22 bits per heavy atom. The molecule has 1 amide bonds. The highest BCUT2D eigenvalue weighted by molar-refractivity contribution is 7.09. The fourth-order valence-electron chi connectivity index (χ4n) is 1.36. The summed E-state index contributed by atoms with van der Waals surface area (Å²) in [5.41, 5.74) is 0.777. The van der Waals surface area contributed by atoms with Crippen LogP contribution < -0.4 is 5.32 Å². The Bertz CT molecular complexity index is 415. The summed E-state index contributed by atoms with van der Waals surface area (Å²) >= 11 is 1.56. The van der Waals surface area contributed by atoms with Gasteiger partial charge in [0.15, 0.2) is 0 Å². The molecule has 1 heterocycles. The van der Waals surface area contributed by atoms with Gasteiger partial charge in [0.25, 0.3) is 0 Å². The first kappa shape index (κ1) is 14.6. The zero-order chi connectivity index (χ0) is 13.5. The third-order valence-electron chi connectivity index (χ3n) is 2.29. The first-order valence-electron chi connectivity index (χ1n) is 5.92. The van der Waals surface area contributed by atoms with Crippen LogP contribution in [0.2, 0.25) is 0 Å². The lowest BCUT2D eigenvalue weighted by Gasteiger charge is -2.02. The van der Waals surface area contributed by atoms with Crippen LogP contribution in [0.1, 0.15) is 43.3 Å². The number of thiazole rings is 1. The number of nitrogens with one attached hydrogen (secondary N) is 1. The summed E-state index contributed by atoms with van der Waals surface area (Å²) in [7, 11) is 0. The molecular weight excluding hydrogens is 252 g/mol. The maximum Gasteiger partial charge on any atom is 0.303 e. The standard InChI is InChI=1S/C12H18N2O3S/c1-8(2)12-14-9(7-18-12)6-10(15)13-5-3-4-11(16)17/h7-8H,3-6H2,1-2H3,(H,13,15)(H,16,17). The van der Waals surface area contributed by atoms with Gasteiger partial charge in [-0.1, -0.05) is 13.8 Å². The van der Waals surface area contributed by atoms with E-state index in [4.69, 9.17) is 5.11 Å². The van der Waals surface area contributed by atoms with Crippen molar-refractivity contribution in [2.75, 3.05) is 6.54 Å². The van der Waals surface area contributed by atoms with E-state index in [1.54, 1.807) is 11.3 Å². The molecule has 0 unspecified atom stereocenters. The molecule has 0 atom stereocenters. The van der Waals surface area contributed by atoms with E-state index in [-0.39, 0.29) is 18.7 Å². The first-order chi connectivity index (χ1) is 8.49. The Balaban J connectivity index is 2.28. The van der Waals surface area contributed by atoms with Gasteiger partial charge < -0.3 is 10.4 Å². The number of carboxylic acid groups (broad SMARTS) is 1. The van der Waals surface area contributed by atoms with Crippen molar-refractivity contribution in [1.29, 1.82) is 0 Å². The number of aromatic nitrogens is 1. The highest BCUT2D eigenvalue weighted by atomic mass is 32.1. The van der Waals surface area contributed by atoms with Gasteiger partial charge in [0.1, 0.15) is 0 Å². The van der Waals surface area contributed by atoms with Crippen LogP contribution in [0.15, 0.2) is 5.38 Å². The lowest BCUT2D eigenvalue weighted by Crippen LogP contribution is -2.26. The Hall–Kier alpha value is -1.43. The summed E-state index contributed by atoms with van der Waals surface area (Å²) in [6.07, 6.45) is 0.792. The first-order valence-corrected chi connectivity index (χ1v) is 6.79. The molecule has 1 aromatic rings. The van der Waals surface area contributed by atoms with E-state index in [0.717, 1.165) is 10.7 Å². The summed E-state index contributed by atoms with van der Waals surface area (Å²) in [5, 5.41) is 14.1. The van der Waals surface area contributed by atoms with Gasteiger partial charge in [-0.2, -0.15) is 0 Å². The predicted octanol–water partition coefficient (Wildman–Crippen LogP) is 1.79. The van der Waals surface area contributed by atoms with Gasteiger partial charge in [-0.05, 0) is 6.42 Å². The number of nitrogens with zero attached hydrogens (tertiary/aromatic N) is 1.